The second-order valence-corrected chi connectivity index (χ2v) is 5.39. The zero-order chi connectivity index (χ0) is 13.9. The second-order valence-electron chi connectivity index (χ2n) is 4.51. The Morgan fingerprint density at radius 3 is 2.65 bits per heavy atom. The fourth-order valence-corrected chi connectivity index (χ4v) is 2.57. The topological polar surface area (TPSA) is 34.9 Å². The number of thioether (sulfide) groups is 1. The lowest BCUT2D eigenvalue weighted by atomic mass is 10.1. The van der Waals surface area contributed by atoms with Crippen LogP contribution in [-0.2, 0) is 6.54 Å². The first-order valence-electron chi connectivity index (χ1n) is 6.35. The van der Waals surface area contributed by atoms with E-state index in [1.54, 1.807) is 18.1 Å². The molecule has 0 saturated carbocycles. The number of aromatic nitrogens is 2. The van der Waals surface area contributed by atoms with Gasteiger partial charge in [-0.25, -0.2) is 4.98 Å². The minimum atomic E-state index is 0.0980. The number of nitrogens with zero attached hydrogens (tertiary/aromatic N) is 2. The molecule has 0 bridgehead atoms. The number of carbonyl (C=O) groups is 1. The highest BCUT2D eigenvalue weighted by Crippen LogP contribution is 2.16. The van der Waals surface area contributed by atoms with Gasteiger partial charge in [-0.3, -0.25) is 4.79 Å². The van der Waals surface area contributed by atoms with Crippen LogP contribution in [-0.4, -0.2) is 21.6 Å². The van der Waals surface area contributed by atoms with E-state index in [4.69, 9.17) is 0 Å². The van der Waals surface area contributed by atoms with Crippen LogP contribution in [0.5, 0.6) is 0 Å². The lowest BCUT2D eigenvalue weighted by Crippen LogP contribution is -2.09. The SMILES string of the molecule is CSc1ccc(C(=O)Cn2cnc3ccccc32)cc1. The summed E-state index contributed by atoms with van der Waals surface area (Å²) in [6.07, 6.45) is 3.74. The minimum Gasteiger partial charge on any atom is -0.323 e. The van der Waals surface area contributed by atoms with Crippen molar-refractivity contribution >= 4 is 28.6 Å². The number of carbonyl (C=O) groups excluding carboxylic acids is 1. The summed E-state index contributed by atoms with van der Waals surface area (Å²) in [6, 6.07) is 15.5. The van der Waals surface area contributed by atoms with Crippen molar-refractivity contribution in [2.24, 2.45) is 0 Å². The molecule has 0 aliphatic heterocycles. The Hall–Kier alpha value is -2.07. The Bertz CT molecular complexity index is 747. The van der Waals surface area contributed by atoms with E-state index >= 15 is 0 Å². The maximum Gasteiger partial charge on any atom is 0.182 e. The Balaban J connectivity index is 1.84. The van der Waals surface area contributed by atoms with Gasteiger partial charge < -0.3 is 4.57 Å². The van der Waals surface area contributed by atoms with E-state index in [9.17, 15) is 4.79 Å². The van der Waals surface area contributed by atoms with Gasteiger partial charge in [-0.15, -0.1) is 11.8 Å². The molecule has 2 aromatic carbocycles. The van der Waals surface area contributed by atoms with Crippen LogP contribution < -0.4 is 0 Å². The maximum atomic E-state index is 12.3. The number of benzene rings is 2. The predicted octanol–water partition coefficient (Wildman–Crippen LogP) is 3.64. The molecular weight excluding hydrogens is 268 g/mol. The molecule has 3 nitrogen and oxygen atoms in total. The van der Waals surface area contributed by atoms with Crippen LogP contribution in [0, 0.1) is 0 Å². The molecule has 0 spiro atoms. The molecule has 0 aliphatic carbocycles. The smallest absolute Gasteiger partial charge is 0.182 e. The van der Waals surface area contributed by atoms with Gasteiger partial charge in [-0.2, -0.15) is 0 Å². The van der Waals surface area contributed by atoms with Gasteiger partial charge >= 0.3 is 0 Å². The summed E-state index contributed by atoms with van der Waals surface area (Å²) in [5, 5.41) is 0. The Morgan fingerprint density at radius 2 is 1.90 bits per heavy atom. The molecule has 3 aromatic rings. The first-order chi connectivity index (χ1) is 9.78. The third-order valence-corrected chi connectivity index (χ3v) is 4.00. The highest BCUT2D eigenvalue weighted by molar-refractivity contribution is 7.98. The average Bonchev–Trinajstić information content (AvgIpc) is 2.91. The van der Waals surface area contributed by atoms with E-state index in [0.29, 0.717) is 6.54 Å². The third kappa shape index (κ3) is 2.47. The fraction of sp³-hybridized carbons (Fsp3) is 0.125. The second kappa shape index (κ2) is 5.51. The predicted molar refractivity (Wildman–Crippen MR) is 82.3 cm³/mol. The number of imidazole rings is 1. The van der Waals surface area contributed by atoms with Gasteiger partial charge in [-0.1, -0.05) is 24.3 Å². The van der Waals surface area contributed by atoms with Crippen molar-refractivity contribution in [3.63, 3.8) is 0 Å². The number of rotatable bonds is 4. The van der Waals surface area contributed by atoms with Crippen molar-refractivity contribution in [1.29, 1.82) is 0 Å². The van der Waals surface area contributed by atoms with Crippen LogP contribution in [0.1, 0.15) is 10.4 Å². The molecule has 3 rings (SSSR count). The highest BCUT2D eigenvalue weighted by atomic mass is 32.2. The van der Waals surface area contributed by atoms with Gasteiger partial charge in [0.15, 0.2) is 5.78 Å². The summed E-state index contributed by atoms with van der Waals surface area (Å²) in [5.41, 5.74) is 2.64. The number of hydrogen-bond acceptors (Lipinski definition) is 3. The van der Waals surface area contributed by atoms with Crippen LogP contribution >= 0.6 is 11.8 Å². The zero-order valence-electron chi connectivity index (χ0n) is 11.1. The molecule has 0 atom stereocenters. The summed E-state index contributed by atoms with van der Waals surface area (Å²) in [7, 11) is 0. The van der Waals surface area contributed by atoms with Crippen molar-refractivity contribution in [2.75, 3.05) is 6.26 Å². The van der Waals surface area contributed by atoms with E-state index in [1.807, 2.05) is 59.4 Å². The van der Waals surface area contributed by atoms with Crippen molar-refractivity contribution in [2.45, 2.75) is 11.4 Å². The number of hydrogen-bond donors (Lipinski definition) is 0. The molecule has 1 aromatic heterocycles. The van der Waals surface area contributed by atoms with E-state index in [2.05, 4.69) is 4.98 Å². The molecule has 0 saturated heterocycles. The molecule has 0 fully saturated rings. The van der Waals surface area contributed by atoms with Gasteiger partial charge in [0.05, 0.1) is 23.9 Å². The number of fused-ring (bicyclic) bond motifs is 1. The third-order valence-electron chi connectivity index (χ3n) is 3.25. The quantitative estimate of drug-likeness (QED) is 0.541. The molecular formula is C16H14N2OS. The van der Waals surface area contributed by atoms with Crippen LogP contribution in [0.4, 0.5) is 0 Å². The lowest BCUT2D eigenvalue weighted by Gasteiger charge is -2.04. The van der Waals surface area contributed by atoms with E-state index in [0.717, 1.165) is 21.5 Å². The molecule has 0 N–H and O–H groups in total. The number of para-hydroxylation sites is 2. The lowest BCUT2D eigenvalue weighted by molar-refractivity contribution is 0.0973. The molecule has 1 heterocycles. The Labute approximate surface area is 121 Å². The molecule has 4 heteroatoms. The first-order valence-corrected chi connectivity index (χ1v) is 7.57. The minimum absolute atomic E-state index is 0.0980. The van der Waals surface area contributed by atoms with Gasteiger partial charge in [-0.05, 0) is 30.5 Å². The van der Waals surface area contributed by atoms with Crippen LogP contribution in [0.15, 0.2) is 59.8 Å². The molecule has 0 amide bonds. The van der Waals surface area contributed by atoms with Crippen molar-refractivity contribution < 1.29 is 4.79 Å². The largest absolute Gasteiger partial charge is 0.323 e. The zero-order valence-corrected chi connectivity index (χ0v) is 11.9. The maximum absolute atomic E-state index is 12.3. The molecule has 100 valence electrons. The van der Waals surface area contributed by atoms with E-state index in [1.165, 1.54) is 0 Å². The molecule has 0 unspecified atom stereocenters. The summed E-state index contributed by atoms with van der Waals surface area (Å²) >= 11 is 1.67. The van der Waals surface area contributed by atoms with Crippen molar-refractivity contribution in [1.82, 2.24) is 9.55 Å². The van der Waals surface area contributed by atoms with Gasteiger partial charge in [0.1, 0.15) is 0 Å². The summed E-state index contributed by atoms with van der Waals surface area (Å²) in [6.45, 7) is 0.319. The van der Waals surface area contributed by atoms with E-state index in [-0.39, 0.29) is 5.78 Å². The molecule has 20 heavy (non-hydrogen) atoms. The van der Waals surface area contributed by atoms with Crippen molar-refractivity contribution in [3.05, 3.63) is 60.4 Å². The van der Waals surface area contributed by atoms with Gasteiger partial charge in [0, 0.05) is 10.5 Å². The van der Waals surface area contributed by atoms with Gasteiger partial charge in [0.2, 0.25) is 0 Å². The average molecular weight is 282 g/mol. The fourth-order valence-electron chi connectivity index (χ4n) is 2.16. The summed E-state index contributed by atoms with van der Waals surface area (Å²) < 4.78 is 1.89. The molecule has 0 aliphatic rings. The number of ketones is 1. The first kappa shape index (κ1) is 12.9. The molecule has 0 radical (unpaired) electrons. The van der Waals surface area contributed by atoms with E-state index < -0.39 is 0 Å². The standard InChI is InChI=1S/C16H14N2OS/c1-20-13-8-6-12(7-9-13)16(19)10-18-11-17-14-4-2-3-5-15(14)18/h2-9,11H,10H2,1H3. The van der Waals surface area contributed by atoms with Crippen LogP contribution in [0.3, 0.4) is 0 Å². The van der Waals surface area contributed by atoms with Gasteiger partial charge in [0.25, 0.3) is 0 Å². The Morgan fingerprint density at radius 1 is 1.15 bits per heavy atom. The number of Topliss-reactive ketones (excluding diaryl/α,β-unsaturated/α-hetero) is 1. The van der Waals surface area contributed by atoms with Crippen molar-refractivity contribution in [3.8, 4) is 0 Å². The Kier molecular flexibility index (Phi) is 3.56. The monoisotopic (exact) mass is 282 g/mol. The highest BCUT2D eigenvalue weighted by Gasteiger charge is 2.09. The normalized spacial score (nSPS) is 10.8. The van der Waals surface area contributed by atoms with Crippen LogP contribution in [0.2, 0.25) is 0 Å². The van der Waals surface area contributed by atoms with Crippen LogP contribution in [0.25, 0.3) is 11.0 Å². The summed E-state index contributed by atoms with van der Waals surface area (Å²) in [5.74, 6) is 0.0980. The summed E-state index contributed by atoms with van der Waals surface area (Å²) in [4.78, 5) is 17.8.